The maximum Gasteiger partial charge on any atom is 0.338 e. The lowest BCUT2D eigenvalue weighted by atomic mass is 9.96. The minimum Gasteiger partial charge on any atom is -0.458 e. The summed E-state index contributed by atoms with van der Waals surface area (Å²) in [6.07, 6.45) is 2.91. The third-order valence-corrected chi connectivity index (χ3v) is 6.21. The monoisotopic (exact) mass is 492 g/mol. The minimum atomic E-state index is -0.849. The van der Waals surface area contributed by atoms with Crippen LogP contribution in [0, 0.1) is 5.82 Å². The van der Waals surface area contributed by atoms with Crippen LogP contribution in [-0.2, 0) is 14.3 Å². The maximum absolute atomic E-state index is 14.2. The van der Waals surface area contributed by atoms with Crippen LogP contribution in [0.3, 0.4) is 0 Å². The number of carbonyl (C=O) groups excluding carboxylic acids is 2. The van der Waals surface area contributed by atoms with Gasteiger partial charge in [0.2, 0.25) is 0 Å². The molecule has 3 aromatic rings. The van der Waals surface area contributed by atoms with Crippen LogP contribution < -0.4 is 19.6 Å². The molecule has 178 valence electrons. The highest BCUT2D eigenvalue weighted by atomic mass is 32.1. The van der Waals surface area contributed by atoms with Crippen molar-refractivity contribution in [3.63, 3.8) is 0 Å². The van der Waals surface area contributed by atoms with Crippen molar-refractivity contribution in [2.75, 3.05) is 6.61 Å². The van der Waals surface area contributed by atoms with Gasteiger partial charge in [0, 0.05) is 12.5 Å². The fourth-order valence-electron chi connectivity index (χ4n) is 3.73. The Morgan fingerprint density at radius 3 is 2.57 bits per heavy atom. The molecule has 0 saturated carbocycles. The molecule has 0 aliphatic carbocycles. The molecule has 35 heavy (non-hydrogen) atoms. The summed E-state index contributed by atoms with van der Waals surface area (Å²) < 4.78 is 26.3. The van der Waals surface area contributed by atoms with Crippen molar-refractivity contribution < 1.29 is 23.5 Å². The molecule has 0 amide bonds. The summed E-state index contributed by atoms with van der Waals surface area (Å²) >= 11 is 1.10. The molecule has 0 fully saturated rings. The molecule has 0 bridgehead atoms. The number of allylic oxidation sites excluding steroid dienone is 1. The fraction of sp³-hybridized carbons (Fsp3) is 0.154. The number of hydrogen-bond donors (Lipinski definition) is 0. The second-order valence-corrected chi connectivity index (χ2v) is 8.66. The van der Waals surface area contributed by atoms with E-state index in [2.05, 4.69) is 11.6 Å². The van der Waals surface area contributed by atoms with Gasteiger partial charge in [-0.05, 0) is 36.8 Å². The molecule has 0 saturated heterocycles. The van der Waals surface area contributed by atoms with Crippen LogP contribution in [0.15, 0.2) is 82.2 Å². The SMILES string of the molecule is C=CCOC(=O)C1=C(C)N=c2sc(=Cc3ccccc3F)c(=O)n2C1c1ccc(OC(C)=O)cc1. The Morgan fingerprint density at radius 1 is 1.20 bits per heavy atom. The topological polar surface area (TPSA) is 87.0 Å². The minimum absolute atomic E-state index is 0.00850. The molecule has 7 nitrogen and oxygen atoms in total. The van der Waals surface area contributed by atoms with E-state index in [-0.39, 0.29) is 22.3 Å². The second kappa shape index (κ2) is 10.0. The molecular formula is C26H21FN2O5S. The summed E-state index contributed by atoms with van der Waals surface area (Å²) in [5.41, 5.74) is 1.01. The third kappa shape index (κ3) is 4.90. The molecule has 0 spiro atoms. The summed E-state index contributed by atoms with van der Waals surface area (Å²) in [5.74, 6) is -1.24. The molecule has 1 aromatic heterocycles. The van der Waals surface area contributed by atoms with E-state index in [1.54, 1.807) is 49.4 Å². The van der Waals surface area contributed by atoms with Crippen molar-refractivity contribution in [3.8, 4) is 5.75 Å². The lowest BCUT2D eigenvalue weighted by molar-refractivity contribution is -0.138. The summed E-state index contributed by atoms with van der Waals surface area (Å²) in [6, 6.07) is 11.8. The Morgan fingerprint density at radius 2 is 1.91 bits per heavy atom. The van der Waals surface area contributed by atoms with Crippen LogP contribution in [0.5, 0.6) is 5.75 Å². The van der Waals surface area contributed by atoms with Crippen LogP contribution in [-0.4, -0.2) is 23.1 Å². The largest absolute Gasteiger partial charge is 0.458 e. The van der Waals surface area contributed by atoms with Gasteiger partial charge in [-0.3, -0.25) is 14.2 Å². The first-order chi connectivity index (χ1) is 16.8. The van der Waals surface area contributed by atoms with E-state index < -0.39 is 29.4 Å². The molecule has 0 N–H and O–H groups in total. The average molecular weight is 493 g/mol. The lowest BCUT2D eigenvalue weighted by Crippen LogP contribution is -2.40. The Bertz CT molecular complexity index is 1530. The van der Waals surface area contributed by atoms with Crippen molar-refractivity contribution in [2.45, 2.75) is 19.9 Å². The van der Waals surface area contributed by atoms with Gasteiger partial charge in [0.15, 0.2) is 4.80 Å². The molecular weight excluding hydrogens is 471 g/mol. The fourth-order valence-corrected chi connectivity index (χ4v) is 4.77. The number of thiazole rings is 1. The standard InChI is InChI=1S/C26H21FN2O5S/c1-4-13-33-25(32)22-15(2)28-26-29(23(22)17-9-11-19(12-10-17)34-16(3)30)24(31)21(35-26)14-18-7-5-6-8-20(18)27/h4-12,14,23H,1,13H2,2-3H3. The normalized spacial score (nSPS) is 15.3. The molecule has 9 heteroatoms. The first-order valence-corrected chi connectivity index (χ1v) is 11.4. The third-order valence-electron chi connectivity index (χ3n) is 5.22. The van der Waals surface area contributed by atoms with Crippen molar-refractivity contribution in [2.24, 2.45) is 4.99 Å². The second-order valence-electron chi connectivity index (χ2n) is 7.65. The molecule has 2 heterocycles. The zero-order valence-electron chi connectivity index (χ0n) is 19.0. The van der Waals surface area contributed by atoms with E-state index in [4.69, 9.17) is 9.47 Å². The van der Waals surface area contributed by atoms with E-state index in [0.717, 1.165) is 11.3 Å². The number of nitrogens with zero attached hydrogens (tertiary/aromatic N) is 2. The smallest absolute Gasteiger partial charge is 0.338 e. The summed E-state index contributed by atoms with van der Waals surface area (Å²) in [4.78, 5) is 42.6. The van der Waals surface area contributed by atoms with Crippen molar-refractivity contribution in [1.29, 1.82) is 0 Å². The van der Waals surface area contributed by atoms with Crippen LogP contribution in [0.4, 0.5) is 4.39 Å². The molecule has 1 aliphatic heterocycles. The number of halogens is 1. The average Bonchev–Trinajstić information content (AvgIpc) is 3.12. The van der Waals surface area contributed by atoms with Crippen LogP contribution in [0.1, 0.15) is 31.0 Å². The van der Waals surface area contributed by atoms with E-state index in [0.29, 0.717) is 21.8 Å². The van der Waals surface area contributed by atoms with E-state index >= 15 is 0 Å². The number of hydrogen-bond acceptors (Lipinski definition) is 7. The van der Waals surface area contributed by atoms with Crippen molar-refractivity contribution in [1.82, 2.24) is 4.57 Å². The quantitative estimate of drug-likeness (QED) is 0.300. The van der Waals surface area contributed by atoms with Gasteiger partial charge in [0.25, 0.3) is 5.56 Å². The number of esters is 2. The highest BCUT2D eigenvalue weighted by Crippen LogP contribution is 2.31. The first kappa shape index (κ1) is 24.0. The van der Waals surface area contributed by atoms with E-state index in [1.807, 2.05) is 0 Å². The van der Waals surface area contributed by atoms with Crippen LogP contribution in [0.2, 0.25) is 0 Å². The lowest BCUT2D eigenvalue weighted by Gasteiger charge is -2.24. The Kier molecular flexibility index (Phi) is 6.88. The van der Waals surface area contributed by atoms with Gasteiger partial charge >= 0.3 is 11.9 Å². The number of fused-ring (bicyclic) bond motifs is 1. The van der Waals surface area contributed by atoms with E-state index in [9.17, 15) is 18.8 Å². The Labute approximate surface area is 203 Å². The number of rotatable bonds is 6. The molecule has 4 rings (SSSR count). The molecule has 1 aliphatic rings. The van der Waals surface area contributed by atoms with E-state index in [1.165, 1.54) is 29.7 Å². The van der Waals surface area contributed by atoms with Crippen LogP contribution >= 0.6 is 11.3 Å². The number of ether oxygens (including phenoxy) is 2. The summed E-state index contributed by atoms with van der Waals surface area (Å²) in [6.45, 7) is 6.51. The van der Waals surface area contributed by atoms with Crippen LogP contribution in [0.25, 0.3) is 6.08 Å². The predicted molar refractivity (Wildman–Crippen MR) is 129 cm³/mol. The van der Waals surface area contributed by atoms with Crippen molar-refractivity contribution >= 4 is 29.4 Å². The molecule has 2 aromatic carbocycles. The molecule has 1 atom stereocenters. The number of carbonyl (C=O) groups is 2. The van der Waals surface area contributed by atoms with Gasteiger partial charge in [-0.1, -0.05) is 54.3 Å². The Balaban J connectivity index is 1.91. The first-order valence-electron chi connectivity index (χ1n) is 10.6. The zero-order valence-corrected chi connectivity index (χ0v) is 19.8. The predicted octanol–water partition coefficient (Wildman–Crippen LogP) is 3.03. The maximum atomic E-state index is 14.2. The number of benzene rings is 2. The highest BCUT2D eigenvalue weighted by Gasteiger charge is 2.33. The van der Waals surface area contributed by atoms with Gasteiger partial charge in [0.05, 0.1) is 21.8 Å². The van der Waals surface area contributed by atoms with Gasteiger partial charge in [-0.25, -0.2) is 14.2 Å². The zero-order chi connectivity index (χ0) is 25.1. The number of aromatic nitrogens is 1. The summed E-state index contributed by atoms with van der Waals surface area (Å²) in [7, 11) is 0. The molecule has 0 radical (unpaired) electrons. The van der Waals surface area contributed by atoms with Gasteiger partial charge in [0.1, 0.15) is 18.2 Å². The van der Waals surface area contributed by atoms with Gasteiger partial charge in [-0.2, -0.15) is 0 Å². The summed E-state index contributed by atoms with van der Waals surface area (Å²) in [5, 5.41) is 0. The van der Waals surface area contributed by atoms with Gasteiger partial charge < -0.3 is 9.47 Å². The van der Waals surface area contributed by atoms with Crippen molar-refractivity contribution in [3.05, 3.63) is 109 Å². The Hall–Kier alpha value is -4.11. The van der Waals surface area contributed by atoms with Gasteiger partial charge in [-0.15, -0.1) is 0 Å². The molecule has 1 unspecified atom stereocenters. The highest BCUT2D eigenvalue weighted by molar-refractivity contribution is 7.07.